The molecule has 0 spiro atoms. The number of pyridine rings is 1. The summed E-state index contributed by atoms with van der Waals surface area (Å²) in [6, 6.07) is 11.8. The molecule has 0 atom stereocenters. The Morgan fingerprint density at radius 2 is 2.05 bits per heavy atom. The SMILES string of the molecule is COc1ncccc1CNCc1ccc(C#N)cc1C. The molecule has 0 saturated carbocycles. The quantitative estimate of drug-likeness (QED) is 0.904. The van der Waals surface area contributed by atoms with Gasteiger partial charge in [0.1, 0.15) is 0 Å². The average Bonchev–Trinajstić information content (AvgIpc) is 2.49. The van der Waals surface area contributed by atoms with Crippen LogP contribution >= 0.6 is 0 Å². The second-order valence-electron chi connectivity index (χ2n) is 4.53. The highest BCUT2D eigenvalue weighted by atomic mass is 16.5. The molecule has 2 aromatic rings. The molecule has 4 heteroatoms. The number of rotatable bonds is 5. The Balaban J connectivity index is 1.98. The van der Waals surface area contributed by atoms with E-state index < -0.39 is 0 Å². The third kappa shape index (κ3) is 3.34. The topological polar surface area (TPSA) is 57.9 Å². The van der Waals surface area contributed by atoms with Crippen molar-refractivity contribution in [3.05, 3.63) is 58.8 Å². The van der Waals surface area contributed by atoms with E-state index in [4.69, 9.17) is 10.00 Å². The van der Waals surface area contributed by atoms with Gasteiger partial charge in [0.05, 0.1) is 18.7 Å². The number of aryl methyl sites for hydroxylation is 1. The predicted molar refractivity (Wildman–Crippen MR) is 77.2 cm³/mol. The largest absolute Gasteiger partial charge is 0.481 e. The molecule has 102 valence electrons. The third-order valence-electron chi connectivity index (χ3n) is 3.15. The summed E-state index contributed by atoms with van der Waals surface area (Å²) < 4.78 is 5.21. The van der Waals surface area contributed by atoms with Crippen molar-refractivity contribution in [1.29, 1.82) is 5.26 Å². The molecule has 4 nitrogen and oxygen atoms in total. The monoisotopic (exact) mass is 267 g/mol. The molecule has 1 aromatic heterocycles. The van der Waals surface area contributed by atoms with Crippen LogP contribution < -0.4 is 10.1 Å². The Morgan fingerprint density at radius 1 is 1.25 bits per heavy atom. The van der Waals surface area contributed by atoms with E-state index in [0.29, 0.717) is 18.0 Å². The van der Waals surface area contributed by atoms with Gasteiger partial charge in [-0.05, 0) is 36.2 Å². The summed E-state index contributed by atoms with van der Waals surface area (Å²) in [6.07, 6.45) is 1.72. The van der Waals surface area contributed by atoms with Crippen molar-refractivity contribution in [3.63, 3.8) is 0 Å². The first-order valence-electron chi connectivity index (χ1n) is 6.43. The zero-order valence-electron chi connectivity index (χ0n) is 11.7. The molecule has 20 heavy (non-hydrogen) atoms. The number of ether oxygens (including phenoxy) is 1. The van der Waals surface area contributed by atoms with E-state index in [1.165, 1.54) is 5.56 Å². The normalized spacial score (nSPS) is 10.1. The van der Waals surface area contributed by atoms with Gasteiger partial charge in [0, 0.05) is 24.8 Å². The van der Waals surface area contributed by atoms with Gasteiger partial charge in [-0.15, -0.1) is 0 Å². The molecular weight excluding hydrogens is 250 g/mol. The summed E-state index contributed by atoms with van der Waals surface area (Å²) in [7, 11) is 1.62. The maximum Gasteiger partial charge on any atom is 0.217 e. The molecule has 0 radical (unpaired) electrons. The maximum absolute atomic E-state index is 8.85. The lowest BCUT2D eigenvalue weighted by Crippen LogP contribution is -2.14. The Labute approximate surface area is 119 Å². The van der Waals surface area contributed by atoms with Crippen LogP contribution in [0.5, 0.6) is 5.88 Å². The number of hydrogen-bond donors (Lipinski definition) is 1. The van der Waals surface area contributed by atoms with Crippen LogP contribution in [0.25, 0.3) is 0 Å². The van der Waals surface area contributed by atoms with Crippen LogP contribution in [0.15, 0.2) is 36.5 Å². The summed E-state index contributed by atoms with van der Waals surface area (Å²) in [5.74, 6) is 0.650. The van der Waals surface area contributed by atoms with Gasteiger partial charge in [0.2, 0.25) is 5.88 Å². The van der Waals surface area contributed by atoms with E-state index in [2.05, 4.69) is 16.4 Å². The van der Waals surface area contributed by atoms with Crippen LogP contribution in [0, 0.1) is 18.3 Å². The van der Waals surface area contributed by atoms with E-state index in [0.717, 1.165) is 17.7 Å². The average molecular weight is 267 g/mol. The Hall–Kier alpha value is -2.38. The van der Waals surface area contributed by atoms with Gasteiger partial charge in [-0.3, -0.25) is 0 Å². The molecule has 0 unspecified atom stereocenters. The fraction of sp³-hybridized carbons (Fsp3) is 0.250. The number of aromatic nitrogens is 1. The van der Waals surface area contributed by atoms with Gasteiger partial charge >= 0.3 is 0 Å². The highest BCUT2D eigenvalue weighted by molar-refractivity contribution is 5.37. The number of nitrogens with zero attached hydrogens (tertiary/aromatic N) is 2. The fourth-order valence-electron chi connectivity index (χ4n) is 2.04. The van der Waals surface area contributed by atoms with Gasteiger partial charge < -0.3 is 10.1 Å². The van der Waals surface area contributed by atoms with Crippen molar-refractivity contribution >= 4 is 0 Å². The second-order valence-corrected chi connectivity index (χ2v) is 4.53. The zero-order valence-corrected chi connectivity index (χ0v) is 11.7. The molecular formula is C16H17N3O. The second kappa shape index (κ2) is 6.69. The van der Waals surface area contributed by atoms with Crippen LogP contribution in [0.3, 0.4) is 0 Å². The van der Waals surface area contributed by atoms with E-state index in [9.17, 15) is 0 Å². The van der Waals surface area contributed by atoms with Gasteiger partial charge in [-0.1, -0.05) is 12.1 Å². The summed E-state index contributed by atoms with van der Waals surface area (Å²) in [5.41, 5.74) is 4.03. The molecule has 0 bridgehead atoms. The molecule has 0 fully saturated rings. The smallest absolute Gasteiger partial charge is 0.217 e. The number of benzene rings is 1. The molecule has 2 rings (SSSR count). The third-order valence-corrected chi connectivity index (χ3v) is 3.15. The van der Waals surface area contributed by atoms with Gasteiger partial charge in [0.15, 0.2) is 0 Å². The van der Waals surface area contributed by atoms with Crippen molar-refractivity contribution < 1.29 is 4.74 Å². The molecule has 1 aromatic carbocycles. The Kier molecular flexibility index (Phi) is 4.70. The summed E-state index contributed by atoms with van der Waals surface area (Å²) in [5, 5.41) is 12.2. The number of methoxy groups -OCH3 is 1. The predicted octanol–water partition coefficient (Wildman–Crippen LogP) is 2.56. The van der Waals surface area contributed by atoms with E-state index in [-0.39, 0.29) is 0 Å². The van der Waals surface area contributed by atoms with Crippen LogP contribution in [-0.4, -0.2) is 12.1 Å². The summed E-state index contributed by atoms with van der Waals surface area (Å²) in [6.45, 7) is 3.45. The molecule has 1 heterocycles. The van der Waals surface area contributed by atoms with Crippen LogP contribution in [-0.2, 0) is 13.1 Å². The lowest BCUT2D eigenvalue weighted by molar-refractivity contribution is 0.390. The number of nitriles is 1. The minimum absolute atomic E-state index is 0.650. The Bertz CT molecular complexity index is 632. The highest BCUT2D eigenvalue weighted by Crippen LogP contribution is 2.14. The van der Waals surface area contributed by atoms with E-state index in [1.807, 2.05) is 37.3 Å². The van der Waals surface area contributed by atoms with Crippen LogP contribution in [0.1, 0.15) is 22.3 Å². The van der Waals surface area contributed by atoms with E-state index in [1.54, 1.807) is 13.3 Å². The molecule has 0 saturated heterocycles. The minimum Gasteiger partial charge on any atom is -0.481 e. The first-order valence-corrected chi connectivity index (χ1v) is 6.43. The van der Waals surface area contributed by atoms with Gasteiger partial charge in [0.25, 0.3) is 0 Å². The number of nitrogens with one attached hydrogen (secondary N) is 1. The van der Waals surface area contributed by atoms with Crippen molar-refractivity contribution in [2.45, 2.75) is 20.0 Å². The Morgan fingerprint density at radius 3 is 2.75 bits per heavy atom. The minimum atomic E-state index is 0.650. The lowest BCUT2D eigenvalue weighted by atomic mass is 10.1. The first-order chi connectivity index (χ1) is 9.74. The fourth-order valence-corrected chi connectivity index (χ4v) is 2.04. The van der Waals surface area contributed by atoms with E-state index >= 15 is 0 Å². The van der Waals surface area contributed by atoms with Crippen LogP contribution in [0.4, 0.5) is 0 Å². The summed E-state index contributed by atoms with van der Waals surface area (Å²) in [4.78, 5) is 4.16. The number of hydrogen-bond acceptors (Lipinski definition) is 4. The highest BCUT2D eigenvalue weighted by Gasteiger charge is 2.04. The van der Waals surface area contributed by atoms with Gasteiger partial charge in [-0.2, -0.15) is 5.26 Å². The molecule has 0 aliphatic rings. The molecule has 0 amide bonds. The van der Waals surface area contributed by atoms with Crippen molar-refractivity contribution in [3.8, 4) is 11.9 Å². The molecule has 1 N–H and O–H groups in total. The zero-order chi connectivity index (χ0) is 14.4. The van der Waals surface area contributed by atoms with Crippen LogP contribution in [0.2, 0.25) is 0 Å². The standard InChI is InChI=1S/C16H17N3O/c1-12-8-13(9-17)5-6-14(12)10-18-11-15-4-3-7-19-16(15)20-2/h3-8,18H,10-11H2,1-2H3. The molecule has 0 aliphatic carbocycles. The first kappa shape index (κ1) is 14.0. The lowest BCUT2D eigenvalue weighted by Gasteiger charge is -2.10. The van der Waals surface area contributed by atoms with Crippen molar-refractivity contribution in [2.75, 3.05) is 7.11 Å². The van der Waals surface area contributed by atoms with Crippen molar-refractivity contribution in [1.82, 2.24) is 10.3 Å². The molecule has 0 aliphatic heterocycles. The van der Waals surface area contributed by atoms with Crippen molar-refractivity contribution in [2.24, 2.45) is 0 Å². The summed E-state index contributed by atoms with van der Waals surface area (Å²) >= 11 is 0. The maximum atomic E-state index is 8.85. The van der Waals surface area contributed by atoms with Gasteiger partial charge in [-0.25, -0.2) is 4.98 Å².